The van der Waals surface area contributed by atoms with Gasteiger partial charge in [-0.25, -0.2) is 0 Å². The number of amides is 1. The lowest BCUT2D eigenvalue weighted by Gasteiger charge is -2.38. The molecule has 2 aliphatic heterocycles. The summed E-state index contributed by atoms with van der Waals surface area (Å²) in [6.07, 6.45) is 4.05. The number of hydrogen-bond acceptors (Lipinski definition) is 2. The van der Waals surface area contributed by atoms with E-state index in [2.05, 4.69) is 0 Å². The highest BCUT2D eigenvalue weighted by Gasteiger charge is 2.34. The Hall–Kier alpha value is -1.22. The van der Waals surface area contributed by atoms with E-state index < -0.39 is 0 Å². The first-order valence-electron chi connectivity index (χ1n) is 7.39. The molecule has 2 atom stereocenters. The van der Waals surface area contributed by atoms with Gasteiger partial charge in [0, 0.05) is 24.0 Å². The Balaban J connectivity index is 1.84. The van der Waals surface area contributed by atoms with E-state index in [1.165, 1.54) is 6.42 Å². The number of ether oxygens (including phenoxy) is 1. The SMILES string of the molecule is O=C(C1CCOc2ccccc21)N1CCCCC1CCl. The molecule has 2 unspecified atom stereocenters. The van der Waals surface area contributed by atoms with Crippen molar-refractivity contribution in [3.8, 4) is 5.75 Å². The molecule has 3 rings (SSSR count). The molecule has 0 saturated carbocycles. The summed E-state index contributed by atoms with van der Waals surface area (Å²) in [6.45, 7) is 1.46. The van der Waals surface area contributed by atoms with Crippen LogP contribution in [0.5, 0.6) is 5.75 Å². The van der Waals surface area contributed by atoms with Crippen LogP contribution >= 0.6 is 11.6 Å². The van der Waals surface area contributed by atoms with E-state index in [4.69, 9.17) is 16.3 Å². The number of para-hydroxylation sites is 1. The average Bonchev–Trinajstić information content (AvgIpc) is 2.53. The smallest absolute Gasteiger partial charge is 0.230 e. The first kappa shape index (κ1) is 13.7. The van der Waals surface area contributed by atoms with Gasteiger partial charge in [0.25, 0.3) is 0 Å². The molecule has 1 aromatic carbocycles. The lowest BCUT2D eigenvalue weighted by atomic mass is 9.90. The molecule has 0 radical (unpaired) electrons. The van der Waals surface area contributed by atoms with Gasteiger partial charge in [0.15, 0.2) is 0 Å². The van der Waals surface area contributed by atoms with Crippen LogP contribution in [-0.4, -0.2) is 35.9 Å². The predicted molar refractivity (Wildman–Crippen MR) is 79.4 cm³/mol. The molecule has 1 saturated heterocycles. The quantitative estimate of drug-likeness (QED) is 0.784. The number of likely N-dealkylation sites (tertiary alicyclic amines) is 1. The number of rotatable bonds is 2. The fraction of sp³-hybridized carbons (Fsp3) is 0.562. The van der Waals surface area contributed by atoms with Gasteiger partial charge in [0.05, 0.1) is 12.5 Å². The van der Waals surface area contributed by atoms with Crippen LogP contribution in [0.1, 0.15) is 37.2 Å². The Morgan fingerprint density at radius 2 is 2.15 bits per heavy atom. The van der Waals surface area contributed by atoms with Crippen LogP contribution < -0.4 is 4.74 Å². The van der Waals surface area contributed by atoms with Gasteiger partial charge >= 0.3 is 0 Å². The number of fused-ring (bicyclic) bond motifs is 1. The van der Waals surface area contributed by atoms with Crippen molar-refractivity contribution >= 4 is 17.5 Å². The number of nitrogens with zero attached hydrogens (tertiary/aromatic N) is 1. The maximum absolute atomic E-state index is 12.9. The lowest BCUT2D eigenvalue weighted by Crippen LogP contribution is -2.47. The molecule has 0 N–H and O–H groups in total. The summed E-state index contributed by atoms with van der Waals surface area (Å²) in [5.74, 6) is 1.56. The fourth-order valence-electron chi connectivity index (χ4n) is 3.25. The third-order valence-electron chi connectivity index (χ3n) is 4.34. The van der Waals surface area contributed by atoms with Gasteiger partial charge in [0.2, 0.25) is 5.91 Å². The van der Waals surface area contributed by atoms with Gasteiger partial charge in [-0.1, -0.05) is 18.2 Å². The first-order chi connectivity index (χ1) is 9.81. The van der Waals surface area contributed by atoms with E-state index in [1.807, 2.05) is 29.2 Å². The van der Waals surface area contributed by atoms with E-state index in [0.29, 0.717) is 12.5 Å². The fourth-order valence-corrected chi connectivity index (χ4v) is 3.57. The highest BCUT2D eigenvalue weighted by Crippen LogP contribution is 2.35. The van der Waals surface area contributed by atoms with Crippen molar-refractivity contribution in [3.63, 3.8) is 0 Å². The number of carbonyl (C=O) groups excluding carboxylic acids is 1. The van der Waals surface area contributed by atoms with E-state index in [1.54, 1.807) is 0 Å². The molecule has 20 heavy (non-hydrogen) atoms. The zero-order valence-corrected chi connectivity index (χ0v) is 12.3. The summed E-state index contributed by atoms with van der Waals surface area (Å²) in [5, 5.41) is 0. The summed E-state index contributed by atoms with van der Waals surface area (Å²) in [7, 11) is 0. The van der Waals surface area contributed by atoms with Gasteiger partial charge in [0.1, 0.15) is 5.75 Å². The molecule has 1 fully saturated rings. The van der Waals surface area contributed by atoms with E-state index in [9.17, 15) is 4.79 Å². The summed E-state index contributed by atoms with van der Waals surface area (Å²) < 4.78 is 5.65. The monoisotopic (exact) mass is 293 g/mol. The molecular formula is C16H20ClNO2. The van der Waals surface area contributed by atoms with Crippen LogP contribution in [0.3, 0.4) is 0 Å². The minimum Gasteiger partial charge on any atom is -0.493 e. The zero-order valence-electron chi connectivity index (χ0n) is 11.6. The second-order valence-corrected chi connectivity index (χ2v) is 5.87. The topological polar surface area (TPSA) is 29.5 Å². The van der Waals surface area contributed by atoms with Gasteiger partial charge in [-0.3, -0.25) is 4.79 Å². The Kier molecular flexibility index (Phi) is 4.16. The van der Waals surface area contributed by atoms with E-state index in [-0.39, 0.29) is 17.9 Å². The van der Waals surface area contributed by atoms with E-state index >= 15 is 0 Å². The number of benzene rings is 1. The number of alkyl halides is 1. The van der Waals surface area contributed by atoms with Crippen LogP contribution in [0.15, 0.2) is 24.3 Å². The minimum absolute atomic E-state index is 0.0660. The van der Waals surface area contributed by atoms with Crippen LogP contribution in [0.4, 0.5) is 0 Å². The molecule has 1 aromatic rings. The number of halogens is 1. The van der Waals surface area contributed by atoms with Gasteiger partial charge in [-0.05, 0) is 31.7 Å². The molecule has 3 nitrogen and oxygen atoms in total. The Labute approximate surface area is 124 Å². The number of carbonyl (C=O) groups is 1. The second-order valence-electron chi connectivity index (χ2n) is 5.56. The normalized spacial score (nSPS) is 25.8. The van der Waals surface area contributed by atoms with Crippen LogP contribution in [0.25, 0.3) is 0 Å². The summed E-state index contributed by atoms with van der Waals surface area (Å²) in [5.41, 5.74) is 1.03. The molecule has 0 spiro atoms. The Morgan fingerprint density at radius 1 is 1.30 bits per heavy atom. The van der Waals surface area contributed by atoms with Crippen LogP contribution in [0, 0.1) is 0 Å². The Bertz CT molecular complexity index is 491. The second kappa shape index (κ2) is 6.04. The third kappa shape index (κ3) is 2.51. The molecule has 108 valence electrons. The number of hydrogen-bond donors (Lipinski definition) is 0. The van der Waals surface area contributed by atoms with Crippen LogP contribution in [-0.2, 0) is 4.79 Å². The van der Waals surface area contributed by atoms with Gasteiger partial charge in [-0.2, -0.15) is 0 Å². The third-order valence-corrected chi connectivity index (χ3v) is 4.70. The summed E-state index contributed by atoms with van der Waals surface area (Å²) >= 11 is 6.04. The molecule has 1 amide bonds. The molecule has 2 heterocycles. The van der Waals surface area contributed by atoms with Gasteiger partial charge in [-0.15, -0.1) is 11.6 Å². The van der Waals surface area contributed by atoms with Crippen molar-refractivity contribution < 1.29 is 9.53 Å². The average molecular weight is 294 g/mol. The first-order valence-corrected chi connectivity index (χ1v) is 7.93. The lowest BCUT2D eigenvalue weighted by molar-refractivity contribution is -0.136. The van der Waals surface area contributed by atoms with Crippen molar-refractivity contribution in [2.24, 2.45) is 0 Å². The maximum Gasteiger partial charge on any atom is 0.230 e. The predicted octanol–water partition coefficient (Wildman–Crippen LogP) is 3.17. The molecule has 0 aliphatic carbocycles. The molecule has 0 bridgehead atoms. The highest BCUT2D eigenvalue weighted by molar-refractivity contribution is 6.18. The standard InChI is InChI=1S/C16H20ClNO2/c17-11-12-5-3-4-9-18(12)16(19)14-8-10-20-15-7-2-1-6-13(14)15/h1-2,6-7,12,14H,3-5,8-11H2. The largest absolute Gasteiger partial charge is 0.493 e. The minimum atomic E-state index is -0.0660. The van der Waals surface area contributed by atoms with Gasteiger partial charge < -0.3 is 9.64 Å². The zero-order chi connectivity index (χ0) is 13.9. The highest BCUT2D eigenvalue weighted by atomic mass is 35.5. The summed E-state index contributed by atoms with van der Waals surface area (Å²) in [4.78, 5) is 14.9. The number of piperidine rings is 1. The van der Waals surface area contributed by atoms with Crippen molar-refractivity contribution in [3.05, 3.63) is 29.8 Å². The molecular weight excluding hydrogens is 274 g/mol. The van der Waals surface area contributed by atoms with Crippen molar-refractivity contribution in [1.82, 2.24) is 4.90 Å². The molecule has 0 aromatic heterocycles. The van der Waals surface area contributed by atoms with Crippen LogP contribution in [0.2, 0.25) is 0 Å². The van der Waals surface area contributed by atoms with Crippen molar-refractivity contribution in [2.75, 3.05) is 19.0 Å². The van der Waals surface area contributed by atoms with E-state index in [0.717, 1.165) is 37.1 Å². The summed E-state index contributed by atoms with van der Waals surface area (Å²) in [6, 6.07) is 8.09. The van der Waals surface area contributed by atoms with Crippen molar-refractivity contribution in [2.45, 2.75) is 37.6 Å². The molecule has 2 aliphatic rings. The molecule has 4 heteroatoms. The van der Waals surface area contributed by atoms with Crippen molar-refractivity contribution in [1.29, 1.82) is 0 Å². The Morgan fingerprint density at radius 3 is 3.00 bits per heavy atom. The maximum atomic E-state index is 12.9.